The number of carbonyl (C=O) groups is 3. The summed E-state index contributed by atoms with van der Waals surface area (Å²) in [4.78, 5) is 41.4. The molecule has 0 saturated carbocycles. The molecule has 0 aliphatic rings. The maximum Gasteiger partial charge on any atom is 0.355 e. The van der Waals surface area contributed by atoms with Gasteiger partial charge < -0.3 is 18.6 Å². The Morgan fingerprint density at radius 2 is 1.79 bits per heavy atom. The quantitative estimate of drug-likeness (QED) is 0.297. The first-order valence-electron chi connectivity index (χ1n) is 11.2. The third-order valence-electron chi connectivity index (χ3n) is 5.90. The first-order valence-corrected chi connectivity index (χ1v) is 11.6. The minimum atomic E-state index is -0.826. The molecule has 8 heteroatoms. The molecule has 1 amide bonds. The number of amides is 1. The fraction of sp³-hybridized carbons (Fsp3) is 0.346. The Morgan fingerprint density at radius 3 is 2.35 bits per heavy atom. The van der Waals surface area contributed by atoms with Crippen LogP contribution in [0.3, 0.4) is 0 Å². The standard InChI is InChI=1S/C26H29ClN2O5/c1-6-28-17(4)22(16(3)23(28)26(32)33-7-2)24(30)18(5)29(15-21-9-8-14-34-21)25(31)19-10-12-20(27)13-11-19/h8-14,18H,6-7,15H2,1-5H3. The molecule has 0 aliphatic carbocycles. The highest BCUT2D eigenvalue weighted by Crippen LogP contribution is 2.27. The Hall–Kier alpha value is -3.32. The maximum absolute atomic E-state index is 13.8. The molecule has 0 N–H and O–H groups in total. The number of halogens is 1. The molecule has 1 unspecified atom stereocenters. The monoisotopic (exact) mass is 484 g/mol. The maximum atomic E-state index is 13.8. The lowest BCUT2D eigenvalue weighted by molar-refractivity contribution is 0.0512. The topological polar surface area (TPSA) is 81.8 Å². The smallest absolute Gasteiger partial charge is 0.355 e. The van der Waals surface area contributed by atoms with Gasteiger partial charge in [-0.05, 0) is 76.6 Å². The first-order chi connectivity index (χ1) is 16.2. The fourth-order valence-corrected chi connectivity index (χ4v) is 4.31. The average Bonchev–Trinajstić information content (AvgIpc) is 3.42. The molecule has 0 saturated heterocycles. The van der Waals surface area contributed by atoms with Crippen molar-refractivity contribution in [3.05, 3.63) is 81.5 Å². The van der Waals surface area contributed by atoms with Crippen LogP contribution in [0.2, 0.25) is 5.02 Å². The van der Waals surface area contributed by atoms with E-state index in [1.807, 2.05) is 6.92 Å². The summed E-state index contributed by atoms with van der Waals surface area (Å²) in [6.45, 7) is 9.72. The van der Waals surface area contributed by atoms with Crippen molar-refractivity contribution < 1.29 is 23.5 Å². The van der Waals surface area contributed by atoms with Crippen molar-refractivity contribution in [2.24, 2.45) is 0 Å². The van der Waals surface area contributed by atoms with E-state index in [1.54, 1.807) is 68.7 Å². The highest BCUT2D eigenvalue weighted by atomic mass is 35.5. The van der Waals surface area contributed by atoms with E-state index < -0.39 is 12.0 Å². The molecule has 0 spiro atoms. The van der Waals surface area contributed by atoms with Gasteiger partial charge in [-0.3, -0.25) is 9.59 Å². The van der Waals surface area contributed by atoms with Gasteiger partial charge in [0.25, 0.3) is 5.91 Å². The van der Waals surface area contributed by atoms with Crippen LogP contribution in [-0.2, 0) is 17.8 Å². The second-order valence-electron chi connectivity index (χ2n) is 7.96. The Balaban J connectivity index is 2.03. The minimum Gasteiger partial charge on any atom is -0.467 e. The summed E-state index contributed by atoms with van der Waals surface area (Å²) in [5, 5.41) is 0.511. The van der Waals surface area contributed by atoms with Gasteiger partial charge in [-0.2, -0.15) is 0 Å². The molecular formula is C26H29ClN2O5. The number of ether oxygens (including phenoxy) is 1. The number of aromatic nitrogens is 1. The van der Waals surface area contributed by atoms with E-state index in [-0.39, 0.29) is 24.8 Å². The molecule has 34 heavy (non-hydrogen) atoms. The lowest BCUT2D eigenvalue weighted by Gasteiger charge is -2.28. The molecule has 7 nitrogen and oxygen atoms in total. The van der Waals surface area contributed by atoms with Gasteiger partial charge in [0, 0.05) is 28.4 Å². The highest BCUT2D eigenvalue weighted by Gasteiger charge is 2.33. The van der Waals surface area contributed by atoms with Crippen LogP contribution < -0.4 is 0 Å². The van der Waals surface area contributed by atoms with Crippen molar-refractivity contribution in [3.63, 3.8) is 0 Å². The second-order valence-corrected chi connectivity index (χ2v) is 8.39. The molecule has 2 heterocycles. The molecule has 0 bridgehead atoms. The van der Waals surface area contributed by atoms with Crippen molar-refractivity contribution in [3.8, 4) is 0 Å². The molecule has 0 fully saturated rings. The number of nitrogens with zero attached hydrogens (tertiary/aromatic N) is 2. The van der Waals surface area contributed by atoms with Crippen molar-refractivity contribution in [1.29, 1.82) is 0 Å². The van der Waals surface area contributed by atoms with Crippen molar-refractivity contribution in [2.45, 2.75) is 53.8 Å². The van der Waals surface area contributed by atoms with E-state index in [2.05, 4.69) is 0 Å². The van der Waals surface area contributed by atoms with E-state index in [9.17, 15) is 14.4 Å². The molecule has 1 atom stereocenters. The van der Waals surface area contributed by atoms with Crippen molar-refractivity contribution >= 4 is 29.3 Å². The molecular weight excluding hydrogens is 456 g/mol. The van der Waals surface area contributed by atoms with Crippen LogP contribution in [0.15, 0.2) is 47.1 Å². The van der Waals surface area contributed by atoms with Crippen molar-refractivity contribution in [1.82, 2.24) is 9.47 Å². The lowest BCUT2D eigenvalue weighted by Crippen LogP contribution is -2.43. The average molecular weight is 485 g/mol. The summed E-state index contributed by atoms with van der Waals surface area (Å²) in [6, 6.07) is 9.17. The summed E-state index contributed by atoms with van der Waals surface area (Å²) < 4.78 is 12.5. The van der Waals surface area contributed by atoms with E-state index in [0.717, 1.165) is 0 Å². The number of furan rings is 1. The van der Waals surface area contributed by atoms with Gasteiger partial charge in [-0.25, -0.2) is 4.79 Å². The van der Waals surface area contributed by atoms with Crippen LogP contribution in [0.1, 0.15) is 69.0 Å². The molecule has 0 radical (unpaired) electrons. The van der Waals surface area contributed by atoms with Gasteiger partial charge in [0.15, 0.2) is 5.78 Å². The van der Waals surface area contributed by atoms with E-state index in [1.165, 1.54) is 11.2 Å². The number of benzene rings is 1. The van der Waals surface area contributed by atoms with Crippen LogP contribution in [0.25, 0.3) is 0 Å². The molecule has 180 valence electrons. The normalized spacial score (nSPS) is 11.8. The summed E-state index contributed by atoms with van der Waals surface area (Å²) in [5.41, 5.74) is 2.40. The molecule has 2 aromatic heterocycles. The third-order valence-corrected chi connectivity index (χ3v) is 6.16. The van der Waals surface area contributed by atoms with Crippen LogP contribution in [0.5, 0.6) is 0 Å². The van der Waals surface area contributed by atoms with Gasteiger partial charge in [-0.1, -0.05) is 11.6 Å². The van der Waals surface area contributed by atoms with Crippen LogP contribution >= 0.6 is 11.6 Å². The van der Waals surface area contributed by atoms with Gasteiger partial charge in [0.2, 0.25) is 0 Å². The SMILES string of the molecule is CCOC(=O)c1c(C)c(C(=O)C(C)N(Cc2ccco2)C(=O)c2ccc(Cl)cc2)c(C)n1CC. The Morgan fingerprint density at radius 1 is 1.12 bits per heavy atom. The molecule has 3 rings (SSSR count). The molecule has 1 aromatic carbocycles. The van der Waals surface area contributed by atoms with Crippen LogP contribution in [0, 0.1) is 13.8 Å². The number of rotatable bonds is 9. The Kier molecular flexibility index (Phi) is 7.99. The van der Waals surface area contributed by atoms with E-state index in [0.29, 0.717) is 45.4 Å². The number of hydrogen-bond acceptors (Lipinski definition) is 5. The predicted molar refractivity (Wildman–Crippen MR) is 129 cm³/mol. The zero-order valence-electron chi connectivity index (χ0n) is 20.1. The second kappa shape index (κ2) is 10.7. The number of carbonyl (C=O) groups excluding carboxylic acids is 3. The summed E-state index contributed by atoms with van der Waals surface area (Å²) in [6.07, 6.45) is 1.52. The number of hydrogen-bond donors (Lipinski definition) is 0. The number of esters is 1. The predicted octanol–water partition coefficient (Wildman–Crippen LogP) is 5.46. The third kappa shape index (κ3) is 4.94. The minimum absolute atomic E-state index is 0.110. The lowest BCUT2D eigenvalue weighted by atomic mass is 9.99. The molecule has 0 aliphatic heterocycles. The van der Waals surface area contributed by atoms with Gasteiger partial charge in [0.1, 0.15) is 11.5 Å². The molecule has 3 aromatic rings. The Labute approximate surface area is 204 Å². The summed E-state index contributed by atoms with van der Waals surface area (Å²) in [5.74, 6) is -0.513. The van der Waals surface area contributed by atoms with Gasteiger partial charge in [0.05, 0.1) is 25.5 Å². The van der Waals surface area contributed by atoms with Gasteiger partial charge >= 0.3 is 5.97 Å². The largest absolute Gasteiger partial charge is 0.467 e. The van der Waals surface area contributed by atoms with Crippen LogP contribution in [0.4, 0.5) is 0 Å². The summed E-state index contributed by atoms with van der Waals surface area (Å²) >= 11 is 5.98. The zero-order chi connectivity index (χ0) is 25.0. The first kappa shape index (κ1) is 25.3. The fourth-order valence-electron chi connectivity index (χ4n) is 4.18. The Bertz CT molecular complexity index is 1180. The van der Waals surface area contributed by atoms with Gasteiger partial charge in [-0.15, -0.1) is 0 Å². The van der Waals surface area contributed by atoms with Crippen molar-refractivity contribution in [2.75, 3.05) is 6.61 Å². The highest BCUT2D eigenvalue weighted by molar-refractivity contribution is 6.30. The number of Topliss-reactive ketones (excluding diaryl/α,β-unsaturated/α-hetero) is 1. The van der Waals surface area contributed by atoms with Crippen LogP contribution in [-0.4, -0.2) is 39.8 Å². The number of ketones is 1. The zero-order valence-corrected chi connectivity index (χ0v) is 20.8. The van der Waals surface area contributed by atoms with E-state index >= 15 is 0 Å². The summed E-state index contributed by atoms with van der Waals surface area (Å²) in [7, 11) is 0. The van der Waals surface area contributed by atoms with E-state index in [4.69, 9.17) is 20.8 Å².